The summed E-state index contributed by atoms with van der Waals surface area (Å²) < 4.78 is 22.8. The van der Waals surface area contributed by atoms with Crippen molar-refractivity contribution in [2.24, 2.45) is 0 Å². The molecule has 0 aromatic heterocycles. The summed E-state index contributed by atoms with van der Waals surface area (Å²) in [5.41, 5.74) is 3.26. The maximum Gasteiger partial charge on any atom is 0.410 e. The molecule has 208 valence electrons. The first-order valence-electron chi connectivity index (χ1n) is 13.7. The molecule has 2 aliphatic rings. The van der Waals surface area contributed by atoms with Crippen LogP contribution in [0.15, 0.2) is 72.3 Å². The lowest BCUT2D eigenvalue weighted by atomic mass is 10.0. The Morgan fingerprint density at radius 3 is 2.15 bits per heavy atom. The Hall–Kier alpha value is -3.58. The van der Waals surface area contributed by atoms with E-state index in [0.717, 1.165) is 41.7 Å². The molecule has 2 aromatic carbocycles. The van der Waals surface area contributed by atoms with Crippen LogP contribution in [0.25, 0.3) is 11.1 Å². The number of benzene rings is 2. The first-order chi connectivity index (χ1) is 18.7. The van der Waals surface area contributed by atoms with Crippen molar-refractivity contribution in [3.8, 4) is 16.9 Å². The van der Waals surface area contributed by atoms with E-state index in [1.54, 1.807) is 24.0 Å². The van der Waals surface area contributed by atoms with Crippen LogP contribution in [-0.2, 0) is 14.2 Å². The van der Waals surface area contributed by atoms with E-state index in [2.05, 4.69) is 18.2 Å². The predicted molar refractivity (Wildman–Crippen MR) is 151 cm³/mol. The molecule has 0 N–H and O–H groups in total. The quantitative estimate of drug-likeness (QED) is 0.357. The van der Waals surface area contributed by atoms with Gasteiger partial charge in [0.1, 0.15) is 18.0 Å². The molecule has 1 fully saturated rings. The monoisotopic (exact) mass is 533 g/mol. The highest BCUT2D eigenvalue weighted by atomic mass is 16.6. The van der Waals surface area contributed by atoms with Crippen molar-refractivity contribution in [1.29, 1.82) is 0 Å². The third-order valence-electron chi connectivity index (χ3n) is 6.59. The van der Waals surface area contributed by atoms with Crippen LogP contribution < -0.4 is 4.74 Å². The minimum Gasteiger partial charge on any atom is -0.489 e. The van der Waals surface area contributed by atoms with E-state index in [4.69, 9.17) is 18.9 Å². The minimum atomic E-state index is -0.477. The normalized spacial score (nSPS) is 17.9. The summed E-state index contributed by atoms with van der Waals surface area (Å²) in [6.45, 7) is 9.62. The summed E-state index contributed by atoms with van der Waals surface area (Å²) in [5.74, 6) is 0.490. The maximum absolute atomic E-state index is 12.3. The summed E-state index contributed by atoms with van der Waals surface area (Å²) in [4.78, 5) is 25.9. The van der Waals surface area contributed by atoms with Gasteiger partial charge in [-0.1, -0.05) is 42.5 Å². The van der Waals surface area contributed by atoms with Crippen molar-refractivity contribution in [2.45, 2.75) is 64.8 Å². The van der Waals surface area contributed by atoms with Gasteiger partial charge in [-0.3, -0.25) is 0 Å². The number of ether oxygens (including phenoxy) is 4. The molecular weight excluding hydrogens is 494 g/mol. The van der Waals surface area contributed by atoms with Crippen molar-refractivity contribution >= 4 is 12.1 Å². The fraction of sp³-hybridized carbons (Fsp3) is 0.438. The Bertz CT molecular complexity index is 1170. The standard InChI is InChI=1S/C32H39NO6/c1-5-36-30(34)26-10-8-24(9-11-26)25-12-16-27(17-13-25)37-22-23-6-14-28(15-7-23)38-29-18-20-33(21-19-29)31(35)39-32(2,3)4/h6-14,16-17,28-29H,5,15,18-22H2,1-4H3. The zero-order chi connectivity index (χ0) is 27.8. The van der Waals surface area contributed by atoms with E-state index in [1.165, 1.54) is 0 Å². The zero-order valence-electron chi connectivity index (χ0n) is 23.4. The highest BCUT2D eigenvalue weighted by Crippen LogP contribution is 2.25. The molecule has 2 aromatic rings. The van der Waals surface area contributed by atoms with Crippen molar-refractivity contribution in [2.75, 3.05) is 26.3 Å². The molecule has 0 bridgehead atoms. The number of hydrogen-bond acceptors (Lipinski definition) is 6. The van der Waals surface area contributed by atoms with Crippen LogP contribution in [0, 0.1) is 0 Å². The van der Waals surface area contributed by atoms with Crippen LogP contribution in [0.4, 0.5) is 4.79 Å². The van der Waals surface area contributed by atoms with Crippen LogP contribution in [0.5, 0.6) is 5.75 Å². The number of nitrogens with zero attached hydrogens (tertiary/aromatic N) is 1. The molecule has 7 nitrogen and oxygen atoms in total. The van der Waals surface area contributed by atoms with E-state index in [1.807, 2.05) is 57.2 Å². The number of hydrogen-bond donors (Lipinski definition) is 0. The second kappa shape index (κ2) is 13.0. The molecule has 1 amide bonds. The SMILES string of the molecule is CCOC(=O)c1ccc(-c2ccc(OCC3=CCC(OC4CCN(C(=O)OC(C)(C)C)CC4)C=C3)cc2)cc1. The Morgan fingerprint density at radius 1 is 0.949 bits per heavy atom. The molecule has 0 saturated carbocycles. The third-order valence-corrected chi connectivity index (χ3v) is 6.59. The highest BCUT2D eigenvalue weighted by Gasteiger charge is 2.28. The molecule has 1 aliphatic heterocycles. The number of carbonyl (C=O) groups excluding carboxylic acids is 2. The van der Waals surface area contributed by atoms with Gasteiger partial charge in [-0.2, -0.15) is 0 Å². The van der Waals surface area contributed by atoms with E-state index in [9.17, 15) is 9.59 Å². The molecule has 1 aliphatic carbocycles. The lowest BCUT2D eigenvalue weighted by Crippen LogP contribution is -2.44. The van der Waals surface area contributed by atoms with Crippen LogP contribution in [0.1, 0.15) is 57.3 Å². The van der Waals surface area contributed by atoms with E-state index < -0.39 is 5.60 Å². The second-order valence-corrected chi connectivity index (χ2v) is 10.8. The molecular formula is C32H39NO6. The molecule has 7 heteroatoms. The van der Waals surface area contributed by atoms with E-state index in [-0.39, 0.29) is 24.3 Å². The number of esters is 1. The predicted octanol–water partition coefficient (Wildman–Crippen LogP) is 6.58. The lowest BCUT2D eigenvalue weighted by molar-refractivity contribution is -0.0298. The summed E-state index contributed by atoms with van der Waals surface area (Å²) in [6.07, 6.45) is 8.72. The first-order valence-corrected chi connectivity index (χ1v) is 13.7. The van der Waals surface area contributed by atoms with Gasteiger partial charge in [0.2, 0.25) is 0 Å². The number of carbonyl (C=O) groups is 2. The van der Waals surface area contributed by atoms with Gasteiger partial charge in [-0.15, -0.1) is 0 Å². The Balaban J connectivity index is 1.18. The first kappa shape index (κ1) is 28.4. The summed E-state index contributed by atoms with van der Waals surface area (Å²) in [7, 11) is 0. The van der Waals surface area contributed by atoms with Gasteiger partial charge >= 0.3 is 12.1 Å². The number of likely N-dealkylation sites (tertiary alicyclic amines) is 1. The van der Waals surface area contributed by atoms with Gasteiger partial charge < -0.3 is 23.8 Å². The molecule has 1 unspecified atom stereocenters. The topological polar surface area (TPSA) is 74.3 Å². The molecule has 0 radical (unpaired) electrons. The van der Waals surface area contributed by atoms with Crippen molar-refractivity contribution in [3.63, 3.8) is 0 Å². The second-order valence-electron chi connectivity index (χ2n) is 10.8. The molecule has 39 heavy (non-hydrogen) atoms. The van der Waals surface area contributed by atoms with E-state index in [0.29, 0.717) is 31.9 Å². The van der Waals surface area contributed by atoms with E-state index >= 15 is 0 Å². The molecule has 1 atom stereocenters. The fourth-order valence-electron chi connectivity index (χ4n) is 4.52. The molecule has 1 heterocycles. The molecule has 0 spiro atoms. The van der Waals surface area contributed by atoms with Gasteiger partial charge in [0.15, 0.2) is 0 Å². The average molecular weight is 534 g/mol. The van der Waals surface area contributed by atoms with Crippen LogP contribution in [0.3, 0.4) is 0 Å². The Morgan fingerprint density at radius 2 is 1.59 bits per heavy atom. The van der Waals surface area contributed by atoms with Gasteiger partial charge in [0.05, 0.1) is 24.4 Å². The van der Waals surface area contributed by atoms with Crippen molar-refractivity contribution < 1.29 is 28.5 Å². The number of amides is 1. The van der Waals surface area contributed by atoms with Crippen molar-refractivity contribution in [1.82, 2.24) is 4.90 Å². The fourth-order valence-corrected chi connectivity index (χ4v) is 4.52. The van der Waals surface area contributed by atoms with Gasteiger partial charge in [0.25, 0.3) is 0 Å². The Kier molecular flexibility index (Phi) is 9.46. The molecule has 4 rings (SSSR count). The summed E-state index contributed by atoms with van der Waals surface area (Å²) >= 11 is 0. The van der Waals surface area contributed by atoms with Gasteiger partial charge in [-0.25, -0.2) is 9.59 Å². The number of rotatable bonds is 8. The summed E-state index contributed by atoms with van der Waals surface area (Å²) in [6, 6.07) is 15.3. The average Bonchev–Trinajstić information content (AvgIpc) is 2.93. The number of piperidine rings is 1. The van der Waals surface area contributed by atoms with Gasteiger partial charge in [0, 0.05) is 13.1 Å². The minimum absolute atomic E-state index is 0.0429. The van der Waals surface area contributed by atoms with Crippen LogP contribution >= 0.6 is 0 Å². The smallest absolute Gasteiger partial charge is 0.410 e. The highest BCUT2D eigenvalue weighted by molar-refractivity contribution is 5.90. The Labute approximate surface area is 231 Å². The van der Waals surface area contributed by atoms with Crippen LogP contribution in [0.2, 0.25) is 0 Å². The molecule has 1 saturated heterocycles. The summed E-state index contributed by atoms with van der Waals surface area (Å²) in [5, 5.41) is 0. The van der Waals surface area contributed by atoms with Crippen molar-refractivity contribution in [3.05, 3.63) is 77.9 Å². The van der Waals surface area contributed by atoms with Crippen LogP contribution in [-0.4, -0.2) is 61.1 Å². The largest absolute Gasteiger partial charge is 0.489 e. The zero-order valence-corrected chi connectivity index (χ0v) is 23.4. The third kappa shape index (κ3) is 8.45. The maximum atomic E-state index is 12.3. The van der Waals surface area contributed by atoms with Gasteiger partial charge in [-0.05, 0) is 87.9 Å². The lowest BCUT2D eigenvalue weighted by Gasteiger charge is -2.34.